The number of halogens is 1. The second kappa shape index (κ2) is 4.23. The van der Waals surface area contributed by atoms with E-state index in [1.165, 1.54) is 6.92 Å². The molecular formula is C9H10ClNO2. The summed E-state index contributed by atoms with van der Waals surface area (Å²) in [6.07, 6.45) is -0.351. The van der Waals surface area contributed by atoms with Crippen molar-refractivity contribution in [3.8, 4) is 0 Å². The van der Waals surface area contributed by atoms with Gasteiger partial charge in [-0.15, -0.1) is 0 Å². The van der Waals surface area contributed by atoms with E-state index in [0.717, 1.165) is 0 Å². The van der Waals surface area contributed by atoms with Crippen LogP contribution in [-0.2, 0) is 9.53 Å². The van der Waals surface area contributed by atoms with Gasteiger partial charge in [0.2, 0.25) is 0 Å². The van der Waals surface area contributed by atoms with Gasteiger partial charge in [0.15, 0.2) is 0 Å². The van der Waals surface area contributed by atoms with Crippen LogP contribution in [0.5, 0.6) is 0 Å². The Morgan fingerprint density at radius 3 is 2.85 bits per heavy atom. The van der Waals surface area contributed by atoms with E-state index in [-0.39, 0.29) is 12.1 Å². The van der Waals surface area contributed by atoms with Crippen molar-refractivity contribution >= 4 is 17.6 Å². The molecular weight excluding hydrogens is 190 g/mol. The van der Waals surface area contributed by atoms with E-state index in [0.29, 0.717) is 10.8 Å². The second-order valence-electron chi connectivity index (χ2n) is 2.64. The fourth-order valence-corrected chi connectivity index (χ4v) is 1.13. The van der Waals surface area contributed by atoms with Gasteiger partial charge < -0.3 is 4.74 Å². The molecule has 0 aliphatic rings. The van der Waals surface area contributed by atoms with Crippen molar-refractivity contribution in [1.82, 2.24) is 4.98 Å². The van der Waals surface area contributed by atoms with Gasteiger partial charge in [0, 0.05) is 6.92 Å². The summed E-state index contributed by atoms with van der Waals surface area (Å²) in [5.74, 6) is -0.325. The summed E-state index contributed by atoms with van der Waals surface area (Å²) in [5, 5.41) is 0.400. The largest absolute Gasteiger partial charge is 0.456 e. The highest BCUT2D eigenvalue weighted by Crippen LogP contribution is 2.16. The maximum Gasteiger partial charge on any atom is 0.303 e. The first-order valence-corrected chi connectivity index (χ1v) is 4.27. The van der Waals surface area contributed by atoms with E-state index >= 15 is 0 Å². The quantitative estimate of drug-likeness (QED) is 0.542. The molecule has 3 nitrogen and oxygen atoms in total. The zero-order valence-corrected chi connectivity index (χ0v) is 8.21. The van der Waals surface area contributed by atoms with Crippen LogP contribution < -0.4 is 0 Å². The van der Waals surface area contributed by atoms with E-state index in [1.807, 2.05) is 0 Å². The first kappa shape index (κ1) is 9.99. The van der Waals surface area contributed by atoms with Gasteiger partial charge in [-0.2, -0.15) is 0 Å². The van der Waals surface area contributed by atoms with Gasteiger partial charge >= 0.3 is 5.97 Å². The van der Waals surface area contributed by atoms with Crippen LogP contribution in [0.4, 0.5) is 0 Å². The van der Waals surface area contributed by atoms with Gasteiger partial charge in [0.05, 0.1) is 5.69 Å². The van der Waals surface area contributed by atoms with E-state index < -0.39 is 0 Å². The second-order valence-corrected chi connectivity index (χ2v) is 3.02. The Hall–Kier alpha value is -1.09. The van der Waals surface area contributed by atoms with E-state index in [1.54, 1.807) is 25.1 Å². The highest BCUT2D eigenvalue weighted by Gasteiger charge is 2.09. The van der Waals surface area contributed by atoms with E-state index in [9.17, 15) is 4.79 Å². The first-order valence-electron chi connectivity index (χ1n) is 3.89. The van der Waals surface area contributed by atoms with Gasteiger partial charge in [0.1, 0.15) is 11.3 Å². The van der Waals surface area contributed by atoms with Gasteiger partial charge in [-0.3, -0.25) is 4.79 Å². The lowest BCUT2D eigenvalue weighted by molar-refractivity contribution is -0.145. The number of carbonyl (C=O) groups is 1. The Balaban J connectivity index is 2.76. The number of hydrogen-bond donors (Lipinski definition) is 0. The molecule has 1 heterocycles. The SMILES string of the molecule is CC(=O)OC(C)c1cccc(Cl)n1. The zero-order valence-electron chi connectivity index (χ0n) is 7.45. The van der Waals surface area contributed by atoms with Crippen LogP contribution in [0, 0.1) is 0 Å². The molecule has 0 bridgehead atoms. The average molecular weight is 200 g/mol. The normalized spacial score (nSPS) is 12.2. The molecule has 13 heavy (non-hydrogen) atoms. The molecule has 1 aromatic rings. The van der Waals surface area contributed by atoms with Crippen LogP contribution in [0.25, 0.3) is 0 Å². The molecule has 0 amide bonds. The number of pyridine rings is 1. The molecule has 0 aromatic carbocycles. The highest BCUT2D eigenvalue weighted by atomic mass is 35.5. The smallest absolute Gasteiger partial charge is 0.303 e. The Labute approximate surface area is 81.7 Å². The fourth-order valence-electron chi connectivity index (χ4n) is 0.960. The van der Waals surface area contributed by atoms with Crippen LogP contribution in [0.15, 0.2) is 18.2 Å². The standard InChI is InChI=1S/C9H10ClNO2/c1-6(13-7(2)12)8-4-3-5-9(10)11-8/h3-6H,1-2H3. The first-order chi connectivity index (χ1) is 6.09. The monoisotopic (exact) mass is 199 g/mol. The molecule has 0 aliphatic carbocycles. The predicted octanol–water partition coefficient (Wildman–Crippen LogP) is 2.36. The Kier molecular flexibility index (Phi) is 3.25. The molecule has 1 unspecified atom stereocenters. The highest BCUT2D eigenvalue weighted by molar-refractivity contribution is 6.29. The van der Waals surface area contributed by atoms with Crippen molar-refractivity contribution in [1.29, 1.82) is 0 Å². The molecule has 1 aromatic heterocycles. The minimum Gasteiger partial charge on any atom is -0.456 e. The Morgan fingerprint density at radius 1 is 1.62 bits per heavy atom. The van der Waals surface area contributed by atoms with Gasteiger partial charge in [0.25, 0.3) is 0 Å². The summed E-state index contributed by atoms with van der Waals surface area (Å²) in [7, 11) is 0. The topological polar surface area (TPSA) is 39.2 Å². The van der Waals surface area contributed by atoms with Gasteiger partial charge in [-0.05, 0) is 19.1 Å². The summed E-state index contributed by atoms with van der Waals surface area (Å²) >= 11 is 5.67. The number of carbonyl (C=O) groups excluding carboxylic acids is 1. The molecule has 0 N–H and O–H groups in total. The molecule has 0 saturated heterocycles. The van der Waals surface area contributed by atoms with Crippen LogP contribution in [0.2, 0.25) is 5.15 Å². The number of rotatable bonds is 2. The van der Waals surface area contributed by atoms with Crippen LogP contribution in [0.3, 0.4) is 0 Å². The minimum absolute atomic E-state index is 0.325. The molecule has 0 fully saturated rings. The minimum atomic E-state index is -0.351. The van der Waals surface area contributed by atoms with Crippen LogP contribution >= 0.6 is 11.6 Å². The fraction of sp³-hybridized carbons (Fsp3) is 0.333. The summed E-state index contributed by atoms with van der Waals surface area (Å²) in [6, 6.07) is 5.20. The number of hydrogen-bond acceptors (Lipinski definition) is 3. The lowest BCUT2D eigenvalue weighted by atomic mass is 10.2. The molecule has 0 aliphatic heterocycles. The van der Waals surface area contributed by atoms with Crippen molar-refractivity contribution in [3.63, 3.8) is 0 Å². The Bertz CT molecular complexity index is 314. The third kappa shape index (κ3) is 3.03. The van der Waals surface area contributed by atoms with Crippen molar-refractivity contribution in [2.75, 3.05) is 0 Å². The summed E-state index contributed by atoms with van der Waals surface area (Å²) in [6.45, 7) is 3.11. The molecule has 0 saturated carbocycles. The van der Waals surface area contributed by atoms with Gasteiger partial charge in [-0.25, -0.2) is 4.98 Å². The molecule has 0 spiro atoms. The van der Waals surface area contributed by atoms with Crippen molar-refractivity contribution in [3.05, 3.63) is 29.0 Å². The van der Waals surface area contributed by atoms with Crippen molar-refractivity contribution in [2.45, 2.75) is 20.0 Å². The van der Waals surface area contributed by atoms with Gasteiger partial charge in [-0.1, -0.05) is 17.7 Å². The Morgan fingerprint density at radius 2 is 2.31 bits per heavy atom. The number of esters is 1. The van der Waals surface area contributed by atoms with Crippen LogP contribution in [0.1, 0.15) is 25.6 Å². The van der Waals surface area contributed by atoms with E-state index in [2.05, 4.69) is 4.98 Å². The van der Waals surface area contributed by atoms with Crippen molar-refractivity contribution in [2.24, 2.45) is 0 Å². The number of ether oxygens (including phenoxy) is 1. The lowest BCUT2D eigenvalue weighted by Gasteiger charge is -2.10. The molecule has 0 radical (unpaired) electrons. The maximum absolute atomic E-state index is 10.6. The summed E-state index contributed by atoms with van der Waals surface area (Å²) in [5.41, 5.74) is 0.655. The molecule has 1 rings (SSSR count). The average Bonchev–Trinajstić information content (AvgIpc) is 2.03. The number of nitrogens with zero attached hydrogens (tertiary/aromatic N) is 1. The molecule has 70 valence electrons. The summed E-state index contributed by atoms with van der Waals surface area (Å²) < 4.78 is 4.93. The van der Waals surface area contributed by atoms with E-state index in [4.69, 9.17) is 16.3 Å². The predicted molar refractivity (Wildman–Crippen MR) is 49.4 cm³/mol. The molecule has 1 atom stereocenters. The van der Waals surface area contributed by atoms with Crippen LogP contribution in [-0.4, -0.2) is 11.0 Å². The third-order valence-electron chi connectivity index (χ3n) is 1.50. The lowest BCUT2D eigenvalue weighted by Crippen LogP contribution is -2.06. The maximum atomic E-state index is 10.6. The zero-order chi connectivity index (χ0) is 9.84. The van der Waals surface area contributed by atoms with Crippen molar-refractivity contribution < 1.29 is 9.53 Å². The third-order valence-corrected chi connectivity index (χ3v) is 1.71. The summed E-state index contributed by atoms with van der Waals surface area (Å²) in [4.78, 5) is 14.6. The number of aromatic nitrogens is 1. The molecule has 4 heteroatoms.